The van der Waals surface area contributed by atoms with E-state index in [1.165, 1.54) is 12.3 Å². The molecule has 0 unspecified atom stereocenters. The van der Waals surface area contributed by atoms with Crippen LogP contribution in [0.2, 0.25) is 0 Å². The molecule has 0 aliphatic heterocycles. The molecule has 102 valence electrons. The van der Waals surface area contributed by atoms with E-state index in [9.17, 15) is 9.18 Å². The fourth-order valence-corrected chi connectivity index (χ4v) is 1.85. The molecular formula is C15H14FN3O. The van der Waals surface area contributed by atoms with Crippen molar-refractivity contribution in [2.45, 2.75) is 18.9 Å². The van der Waals surface area contributed by atoms with Gasteiger partial charge in [-0.2, -0.15) is 0 Å². The summed E-state index contributed by atoms with van der Waals surface area (Å²) in [5.41, 5.74) is 1.41. The molecule has 1 aliphatic rings. The number of aromatic nitrogens is 1. The van der Waals surface area contributed by atoms with Gasteiger partial charge in [-0.15, -0.1) is 0 Å². The molecule has 1 saturated carbocycles. The predicted octanol–water partition coefficient (Wildman–Crippen LogP) is 2.86. The Hall–Kier alpha value is -2.43. The molecule has 1 aromatic carbocycles. The smallest absolute Gasteiger partial charge is 0.253 e. The number of para-hydroxylation sites is 1. The van der Waals surface area contributed by atoms with Crippen LogP contribution in [0.25, 0.3) is 0 Å². The van der Waals surface area contributed by atoms with E-state index in [0.29, 0.717) is 23.0 Å². The molecule has 0 atom stereocenters. The number of anilines is 2. The zero-order valence-corrected chi connectivity index (χ0v) is 10.8. The molecule has 2 N–H and O–H groups in total. The van der Waals surface area contributed by atoms with Crippen molar-refractivity contribution in [1.82, 2.24) is 10.3 Å². The second-order valence-corrected chi connectivity index (χ2v) is 4.81. The molecule has 1 aliphatic carbocycles. The Labute approximate surface area is 116 Å². The van der Waals surface area contributed by atoms with Gasteiger partial charge in [-0.3, -0.25) is 9.78 Å². The Bertz CT molecular complexity index is 641. The van der Waals surface area contributed by atoms with Crippen LogP contribution in [0.15, 0.2) is 42.7 Å². The van der Waals surface area contributed by atoms with E-state index in [1.807, 2.05) is 0 Å². The first-order chi connectivity index (χ1) is 9.72. The van der Waals surface area contributed by atoms with Crippen LogP contribution in [0, 0.1) is 5.82 Å². The lowest BCUT2D eigenvalue weighted by Crippen LogP contribution is -2.25. The van der Waals surface area contributed by atoms with Crippen LogP contribution in [-0.4, -0.2) is 16.9 Å². The number of hydrogen-bond acceptors (Lipinski definition) is 3. The molecule has 1 fully saturated rings. The van der Waals surface area contributed by atoms with E-state index >= 15 is 0 Å². The number of pyridine rings is 1. The number of nitrogens with one attached hydrogen (secondary N) is 2. The van der Waals surface area contributed by atoms with Crippen molar-refractivity contribution < 1.29 is 9.18 Å². The summed E-state index contributed by atoms with van der Waals surface area (Å²) in [7, 11) is 0. The summed E-state index contributed by atoms with van der Waals surface area (Å²) in [6.07, 6.45) is 5.13. The van der Waals surface area contributed by atoms with Gasteiger partial charge in [0.15, 0.2) is 0 Å². The molecule has 1 heterocycles. The van der Waals surface area contributed by atoms with Gasteiger partial charge in [-0.1, -0.05) is 12.1 Å². The van der Waals surface area contributed by atoms with Crippen molar-refractivity contribution >= 4 is 17.3 Å². The number of amides is 1. The van der Waals surface area contributed by atoms with Crippen molar-refractivity contribution in [3.05, 3.63) is 54.1 Å². The monoisotopic (exact) mass is 271 g/mol. The summed E-state index contributed by atoms with van der Waals surface area (Å²) in [5, 5.41) is 5.81. The van der Waals surface area contributed by atoms with Crippen molar-refractivity contribution in [1.29, 1.82) is 0 Å². The summed E-state index contributed by atoms with van der Waals surface area (Å²) in [4.78, 5) is 15.9. The SMILES string of the molecule is O=C(NC1CC1)c1cncc(Nc2ccccc2F)c1. The van der Waals surface area contributed by atoms with E-state index in [0.717, 1.165) is 12.8 Å². The lowest BCUT2D eigenvalue weighted by atomic mass is 10.2. The van der Waals surface area contributed by atoms with Crippen molar-refractivity contribution in [3.63, 3.8) is 0 Å². The summed E-state index contributed by atoms with van der Waals surface area (Å²) in [5.74, 6) is -0.488. The number of carbonyl (C=O) groups is 1. The second-order valence-electron chi connectivity index (χ2n) is 4.81. The fourth-order valence-electron chi connectivity index (χ4n) is 1.85. The summed E-state index contributed by atoms with van der Waals surface area (Å²) in [6, 6.07) is 8.33. The highest BCUT2D eigenvalue weighted by Gasteiger charge is 2.23. The van der Waals surface area contributed by atoms with Gasteiger partial charge in [0.05, 0.1) is 23.1 Å². The maximum absolute atomic E-state index is 13.6. The summed E-state index contributed by atoms with van der Waals surface area (Å²) >= 11 is 0. The number of nitrogens with zero attached hydrogens (tertiary/aromatic N) is 1. The Morgan fingerprint density at radius 3 is 2.80 bits per heavy atom. The van der Waals surface area contributed by atoms with Crippen LogP contribution in [0.1, 0.15) is 23.2 Å². The summed E-state index contributed by atoms with van der Waals surface area (Å²) < 4.78 is 13.6. The molecule has 0 radical (unpaired) electrons. The maximum atomic E-state index is 13.6. The number of halogens is 1. The molecule has 0 spiro atoms. The van der Waals surface area contributed by atoms with Gasteiger partial charge in [0, 0.05) is 12.2 Å². The Balaban J connectivity index is 1.77. The third-order valence-electron chi connectivity index (χ3n) is 3.07. The van der Waals surface area contributed by atoms with Gasteiger partial charge in [-0.25, -0.2) is 4.39 Å². The zero-order valence-electron chi connectivity index (χ0n) is 10.8. The van der Waals surface area contributed by atoms with Gasteiger partial charge in [-0.05, 0) is 31.0 Å². The van der Waals surface area contributed by atoms with E-state index in [1.54, 1.807) is 30.5 Å². The fraction of sp³-hybridized carbons (Fsp3) is 0.200. The first-order valence-corrected chi connectivity index (χ1v) is 6.50. The largest absolute Gasteiger partial charge is 0.352 e. The lowest BCUT2D eigenvalue weighted by Gasteiger charge is -2.08. The minimum Gasteiger partial charge on any atom is -0.352 e. The van der Waals surface area contributed by atoms with E-state index in [2.05, 4.69) is 15.6 Å². The first kappa shape index (κ1) is 12.6. The number of benzene rings is 1. The predicted molar refractivity (Wildman–Crippen MR) is 74.4 cm³/mol. The second kappa shape index (κ2) is 5.28. The quantitative estimate of drug-likeness (QED) is 0.899. The van der Waals surface area contributed by atoms with E-state index in [4.69, 9.17) is 0 Å². The third-order valence-corrected chi connectivity index (χ3v) is 3.07. The maximum Gasteiger partial charge on any atom is 0.253 e. The molecule has 3 rings (SSSR count). The molecule has 20 heavy (non-hydrogen) atoms. The highest BCUT2D eigenvalue weighted by molar-refractivity contribution is 5.95. The molecule has 0 saturated heterocycles. The average Bonchev–Trinajstić information content (AvgIpc) is 3.26. The minimum absolute atomic E-state index is 0.141. The number of carbonyl (C=O) groups excluding carboxylic acids is 1. The molecule has 1 amide bonds. The Morgan fingerprint density at radius 2 is 2.05 bits per heavy atom. The van der Waals surface area contributed by atoms with Gasteiger partial charge in [0.1, 0.15) is 5.82 Å². The van der Waals surface area contributed by atoms with Gasteiger partial charge in [0.2, 0.25) is 0 Å². The highest BCUT2D eigenvalue weighted by atomic mass is 19.1. The van der Waals surface area contributed by atoms with Crippen molar-refractivity contribution in [2.75, 3.05) is 5.32 Å². The van der Waals surface area contributed by atoms with E-state index in [-0.39, 0.29) is 11.7 Å². The summed E-state index contributed by atoms with van der Waals surface area (Å²) in [6.45, 7) is 0. The van der Waals surface area contributed by atoms with Crippen LogP contribution >= 0.6 is 0 Å². The zero-order chi connectivity index (χ0) is 13.9. The first-order valence-electron chi connectivity index (χ1n) is 6.50. The van der Waals surface area contributed by atoms with Gasteiger partial charge in [0.25, 0.3) is 5.91 Å². The molecule has 5 heteroatoms. The van der Waals surface area contributed by atoms with E-state index < -0.39 is 0 Å². The molecular weight excluding hydrogens is 257 g/mol. The normalized spacial score (nSPS) is 13.8. The highest BCUT2D eigenvalue weighted by Crippen LogP contribution is 2.21. The van der Waals surface area contributed by atoms with Crippen LogP contribution in [0.4, 0.5) is 15.8 Å². The van der Waals surface area contributed by atoms with Crippen LogP contribution < -0.4 is 10.6 Å². The Kier molecular flexibility index (Phi) is 3.33. The van der Waals surface area contributed by atoms with Crippen LogP contribution in [-0.2, 0) is 0 Å². The minimum atomic E-state index is -0.347. The third kappa shape index (κ3) is 2.93. The van der Waals surface area contributed by atoms with Crippen molar-refractivity contribution in [2.24, 2.45) is 0 Å². The Morgan fingerprint density at radius 1 is 1.25 bits per heavy atom. The van der Waals surface area contributed by atoms with Crippen LogP contribution in [0.5, 0.6) is 0 Å². The molecule has 0 bridgehead atoms. The molecule has 2 aromatic rings. The number of rotatable bonds is 4. The van der Waals surface area contributed by atoms with Crippen molar-refractivity contribution in [3.8, 4) is 0 Å². The molecule has 4 nitrogen and oxygen atoms in total. The molecule has 1 aromatic heterocycles. The lowest BCUT2D eigenvalue weighted by molar-refractivity contribution is 0.0951. The number of hydrogen-bond donors (Lipinski definition) is 2. The van der Waals surface area contributed by atoms with Gasteiger partial charge < -0.3 is 10.6 Å². The van der Waals surface area contributed by atoms with Gasteiger partial charge >= 0.3 is 0 Å². The topological polar surface area (TPSA) is 54.0 Å². The van der Waals surface area contributed by atoms with Crippen LogP contribution in [0.3, 0.4) is 0 Å². The standard InChI is InChI=1S/C15H14FN3O/c16-13-3-1-2-4-14(13)18-12-7-10(8-17-9-12)15(20)19-11-5-6-11/h1-4,7-9,11,18H,5-6H2,(H,19,20). The average molecular weight is 271 g/mol.